The van der Waals surface area contributed by atoms with E-state index in [0.717, 1.165) is 5.56 Å². The Bertz CT molecular complexity index is 854. The number of rotatable bonds is 6. The average Bonchev–Trinajstić information content (AvgIpc) is 3.02. The number of sulfonamides is 1. The smallest absolute Gasteiger partial charge is 0.244 e. The number of hydrogen-bond donors (Lipinski definition) is 1. The maximum Gasteiger partial charge on any atom is 0.244 e. The summed E-state index contributed by atoms with van der Waals surface area (Å²) in [5.41, 5.74) is 0.753. The van der Waals surface area contributed by atoms with Crippen LogP contribution in [-0.2, 0) is 16.6 Å². The van der Waals surface area contributed by atoms with E-state index in [4.69, 9.17) is 25.8 Å². The predicted molar refractivity (Wildman–Crippen MR) is 89.2 cm³/mol. The van der Waals surface area contributed by atoms with Gasteiger partial charge in [-0.25, -0.2) is 13.1 Å². The van der Waals surface area contributed by atoms with Crippen LogP contribution in [0.1, 0.15) is 12.5 Å². The molecule has 128 valence electrons. The number of fused-ring (bicyclic) bond motifs is 1. The van der Waals surface area contributed by atoms with Crippen molar-refractivity contribution >= 4 is 21.6 Å². The van der Waals surface area contributed by atoms with Gasteiger partial charge in [-0.2, -0.15) is 0 Å². The van der Waals surface area contributed by atoms with E-state index >= 15 is 0 Å². The molecule has 24 heavy (non-hydrogen) atoms. The summed E-state index contributed by atoms with van der Waals surface area (Å²) in [4.78, 5) is 0.0117. The van der Waals surface area contributed by atoms with Crippen LogP contribution in [0.15, 0.2) is 41.3 Å². The molecule has 0 atom stereocenters. The lowest BCUT2D eigenvalue weighted by Crippen LogP contribution is -2.24. The lowest BCUT2D eigenvalue weighted by Gasteiger charge is -2.12. The van der Waals surface area contributed by atoms with Crippen molar-refractivity contribution in [1.82, 2.24) is 4.72 Å². The highest BCUT2D eigenvalue weighted by molar-refractivity contribution is 7.89. The van der Waals surface area contributed by atoms with Crippen molar-refractivity contribution in [1.29, 1.82) is 0 Å². The second-order valence-electron chi connectivity index (χ2n) is 5.04. The van der Waals surface area contributed by atoms with Crippen molar-refractivity contribution in [2.24, 2.45) is 0 Å². The Morgan fingerprint density at radius 2 is 1.96 bits per heavy atom. The van der Waals surface area contributed by atoms with Crippen LogP contribution >= 0.6 is 11.6 Å². The van der Waals surface area contributed by atoms with Crippen molar-refractivity contribution < 1.29 is 22.6 Å². The molecule has 1 aliphatic rings. The van der Waals surface area contributed by atoms with Crippen molar-refractivity contribution in [2.75, 3.05) is 13.4 Å². The SMILES string of the molecule is CCOc1ccc(Cl)cc1S(=O)(=O)NCc1ccc2c(c1)OCO2. The van der Waals surface area contributed by atoms with Crippen LogP contribution in [0.5, 0.6) is 17.2 Å². The van der Waals surface area contributed by atoms with E-state index in [1.807, 2.05) is 0 Å². The highest BCUT2D eigenvalue weighted by atomic mass is 35.5. The summed E-state index contributed by atoms with van der Waals surface area (Å²) < 4.78 is 43.6. The number of ether oxygens (including phenoxy) is 3. The first-order valence-corrected chi connectivity index (χ1v) is 9.16. The Morgan fingerprint density at radius 1 is 1.17 bits per heavy atom. The topological polar surface area (TPSA) is 73.9 Å². The zero-order chi connectivity index (χ0) is 17.2. The van der Waals surface area contributed by atoms with Gasteiger partial charge in [0.1, 0.15) is 10.6 Å². The molecule has 0 amide bonds. The molecule has 0 unspecified atom stereocenters. The van der Waals surface area contributed by atoms with Gasteiger partial charge in [-0.05, 0) is 42.8 Å². The summed E-state index contributed by atoms with van der Waals surface area (Å²) >= 11 is 5.93. The molecule has 2 aromatic carbocycles. The van der Waals surface area contributed by atoms with Gasteiger partial charge >= 0.3 is 0 Å². The third-order valence-corrected chi connectivity index (χ3v) is 5.06. The monoisotopic (exact) mass is 369 g/mol. The Morgan fingerprint density at radius 3 is 2.75 bits per heavy atom. The fraction of sp³-hybridized carbons (Fsp3) is 0.250. The zero-order valence-corrected chi connectivity index (χ0v) is 14.5. The standard InChI is InChI=1S/C16H16ClNO5S/c1-2-21-14-6-4-12(17)8-16(14)24(19,20)18-9-11-3-5-13-15(7-11)23-10-22-13/h3-8,18H,2,9-10H2,1H3. The zero-order valence-electron chi connectivity index (χ0n) is 12.9. The molecule has 1 heterocycles. The van der Waals surface area contributed by atoms with Gasteiger partial charge in [-0.3, -0.25) is 0 Å². The maximum atomic E-state index is 12.6. The minimum absolute atomic E-state index is 0.0117. The van der Waals surface area contributed by atoms with Gasteiger partial charge in [0, 0.05) is 11.6 Å². The van der Waals surface area contributed by atoms with E-state index in [-0.39, 0.29) is 24.0 Å². The third-order valence-electron chi connectivity index (χ3n) is 3.40. The molecule has 0 saturated carbocycles. The number of nitrogens with one attached hydrogen (secondary N) is 1. The summed E-state index contributed by atoms with van der Waals surface area (Å²) in [5.74, 6) is 1.51. The van der Waals surface area contributed by atoms with Crippen LogP contribution in [0.25, 0.3) is 0 Å². The maximum absolute atomic E-state index is 12.6. The minimum atomic E-state index is -3.78. The lowest BCUT2D eigenvalue weighted by atomic mass is 10.2. The Labute approximate surface area is 145 Å². The summed E-state index contributed by atoms with van der Waals surface area (Å²) in [7, 11) is -3.78. The van der Waals surface area contributed by atoms with Gasteiger partial charge in [0.05, 0.1) is 6.61 Å². The Balaban J connectivity index is 1.80. The molecular weight excluding hydrogens is 354 g/mol. The molecule has 1 aliphatic heterocycles. The van der Waals surface area contributed by atoms with Crippen LogP contribution in [0.4, 0.5) is 0 Å². The van der Waals surface area contributed by atoms with Gasteiger partial charge in [-0.1, -0.05) is 17.7 Å². The summed E-state index contributed by atoms with van der Waals surface area (Å²) in [6.45, 7) is 2.42. The summed E-state index contributed by atoms with van der Waals surface area (Å²) in [6.07, 6.45) is 0. The van der Waals surface area contributed by atoms with Gasteiger partial charge in [0.15, 0.2) is 11.5 Å². The van der Waals surface area contributed by atoms with Gasteiger partial charge < -0.3 is 14.2 Å². The quantitative estimate of drug-likeness (QED) is 0.847. The van der Waals surface area contributed by atoms with E-state index < -0.39 is 10.0 Å². The van der Waals surface area contributed by atoms with Crippen LogP contribution in [0.2, 0.25) is 5.02 Å². The Kier molecular flexibility index (Phi) is 4.84. The van der Waals surface area contributed by atoms with Crippen molar-refractivity contribution in [3.05, 3.63) is 47.0 Å². The molecular formula is C16H16ClNO5S. The second-order valence-corrected chi connectivity index (χ2v) is 7.21. The Hall–Kier alpha value is -1.96. The lowest BCUT2D eigenvalue weighted by molar-refractivity contribution is 0.174. The number of hydrogen-bond acceptors (Lipinski definition) is 5. The third kappa shape index (κ3) is 3.58. The summed E-state index contributed by atoms with van der Waals surface area (Å²) in [6, 6.07) is 9.76. The van der Waals surface area contributed by atoms with Crippen LogP contribution < -0.4 is 18.9 Å². The van der Waals surface area contributed by atoms with Gasteiger partial charge in [0.2, 0.25) is 16.8 Å². The number of benzene rings is 2. The molecule has 6 nitrogen and oxygen atoms in total. The van der Waals surface area contributed by atoms with Crippen molar-refractivity contribution in [3.63, 3.8) is 0 Å². The minimum Gasteiger partial charge on any atom is -0.492 e. The first-order valence-electron chi connectivity index (χ1n) is 7.30. The molecule has 0 fully saturated rings. The average molecular weight is 370 g/mol. The highest BCUT2D eigenvalue weighted by Gasteiger charge is 2.21. The normalized spacial score (nSPS) is 13.1. The van der Waals surface area contributed by atoms with Crippen molar-refractivity contribution in [2.45, 2.75) is 18.4 Å². The van der Waals surface area contributed by atoms with Crippen LogP contribution in [0, 0.1) is 0 Å². The largest absolute Gasteiger partial charge is 0.492 e. The molecule has 3 rings (SSSR count). The molecule has 0 spiro atoms. The second kappa shape index (κ2) is 6.88. The molecule has 0 saturated heterocycles. The van der Waals surface area contributed by atoms with Gasteiger partial charge in [-0.15, -0.1) is 0 Å². The molecule has 0 aromatic heterocycles. The first-order chi connectivity index (χ1) is 11.5. The van der Waals surface area contributed by atoms with E-state index in [9.17, 15) is 8.42 Å². The fourth-order valence-electron chi connectivity index (χ4n) is 2.27. The van der Waals surface area contributed by atoms with E-state index in [1.165, 1.54) is 6.07 Å². The van der Waals surface area contributed by atoms with Crippen molar-refractivity contribution in [3.8, 4) is 17.2 Å². The fourth-order valence-corrected chi connectivity index (χ4v) is 3.70. The molecule has 2 aromatic rings. The van der Waals surface area contributed by atoms with Crippen LogP contribution in [0.3, 0.4) is 0 Å². The van der Waals surface area contributed by atoms with E-state index in [0.29, 0.717) is 23.1 Å². The molecule has 1 N–H and O–H groups in total. The van der Waals surface area contributed by atoms with Gasteiger partial charge in [0.25, 0.3) is 0 Å². The molecule has 0 bridgehead atoms. The molecule has 0 aliphatic carbocycles. The summed E-state index contributed by atoms with van der Waals surface area (Å²) in [5, 5.41) is 0.321. The molecule has 0 radical (unpaired) electrons. The van der Waals surface area contributed by atoms with E-state index in [2.05, 4.69) is 4.72 Å². The van der Waals surface area contributed by atoms with Crippen LogP contribution in [-0.4, -0.2) is 21.8 Å². The molecule has 8 heteroatoms. The first kappa shape index (κ1) is 16.9. The predicted octanol–water partition coefficient (Wildman–Crippen LogP) is 2.95. The number of halogens is 1. The highest BCUT2D eigenvalue weighted by Crippen LogP contribution is 2.33. The van der Waals surface area contributed by atoms with E-state index in [1.54, 1.807) is 37.3 Å².